The van der Waals surface area contributed by atoms with Crippen LogP contribution in [0.1, 0.15) is 39.0 Å². The Bertz CT molecular complexity index is 320. The van der Waals surface area contributed by atoms with Gasteiger partial charge in [-0.25, -0.2) is 4.90 Å². The van der Waals surface area contributed by atoms with Crippen molar-refractivity contribution in [1.82, 2.24) is 4.90 Å². The smallest absolute Gasteiger partial charge is 0.243 e. The molecule has 0 aromatic carbocycles. The van der Waals surface area contributed by atoms with Crippen molar-refractivity contribution in [2.75, 3.05) is 0 Å². The SMILES string of the molecule is C=CC([CH]CCCC)C(=O)N1C(=O)CCC1=O. The number of hydrogen-bond acceptors (Lipinski definition) is 3. The minimum atomic E-state index is -0.535. The number of rotatable bonds is 6. The number of unbranched alkanes of at least 4 members (excludes halogenated alkanes) is 2. The van der Waals surface area contributed by atoms with Crippen molar-refractivity contribution in [3.05, 3.63) is 19.1 Å². The second kappa shape index (κ2) is 6.33. The standard InChI is InChI=1S/C13H18NO3/c1-3-5-6-7-10(4-2)13(17)14-11(15)8-9-12(14)16/h4,7,10H,2-3,5-6,8-9H2,1H3. The van der Waals surface area contributed by atoms with Gasteiger partial charge in [0.25, 0.3) is 0 Å². The number of likely N-dealkylation sites (tertiary alicyclic amines) is 1. The van der Waals surface area contributed by atoms with Gasteiger partial charge in [-0.3, -0.25) is 14.4 Å². The Morgan fingerprint density at radius 3 is 2.47 bits per heavy atom. The zero-order chi connectivity index (χ0) is 12.8. The van der Waals surface area contributed by atoms with E-state index in [4.69, 9.17) is 0 Å². The number of hydrogen-bond donors (Lipinski definition) is 0. The van der Waals surface area contributed by atoms with Gasteiger partial charge in [0, 0.05) is 12.8 Å². The zero-order valence-electron chi connectivity index (χ0n) is 10.1. The maximum absolute atomic E-state index is 12.0. The highest BCUT2D eigenvalue weighted by Crippen LogP contribution is 2.19. The Labute approximate surface area is 102 Å². The third kappa shape index (κ3) is 3.25. The fraction of sp³-hybridized carbons (Fsp3) is 0.538. The number of carbonyl (C=O) groups is 3. The van der Waals surface area contributed by atoms with Crippen molar-refractivity contribution in [2.45, 2.75) is 39.0 Å². The molecule has 4 nitrogen and oxygen atoms in total. The van der Waals surface area contributed by atoms with Gasteiger partial charge in [0.15, 0.2) is 0 Å². The summed E-state index contributed by atoms with van der Waals surface area (Å²) < 4.78 is 0. The van der Waals surface area contributed by atoms with Crippen LogP contribution in [0.5, 0.6) is 0 Å². The van der Waals surface area contributed by atoms with E-state index in [-0.39, 0.29) is 12.8 Å². The summed E-state index contributed by atoms with van der Waals surface area (Å²) in [6, 6.07) is 0. The largest absolute Gasteiger partial charge is 0.274 e. The van der Waals surface area contributed by atoms with Gasteiger partial charge >= 0.3 is 0 Å². The Balaban J connectivity index is 2.62. The zero-order valence-corrected chi connectivity index (χ0v) is 10.1. The summed E-state index contributed by atoms with van der Waals surface area (Å²) in [5.74, 6) is -1.78. The third-order valence-corrected chi connectivity index (χ3v) is 2.79. The highest BCUT2D eigenvalue weighted by atomic mass is 16.2. The van der Waals surface area contributed by atoms with Crippen LogP contribution in [-0.4, -0.2) is 22.6 Å². The molecule has 17 heavy (non-hydrogen) atoms. The van der Waals surface area contributed by atoms with E-state index in [1.165, 1.54) is 6.08 Å². The summed E-state index contributed by atoms with van der Waals surface area (Å²) in [5, 5.41) is 0. The monoisotopic (exact) mass is 236 g/mol. The van der Waals surface area contributed by atoms with Gasteiger partial charge in [-0.15, -0.1) is 6.58 Å². The summed E-state index contributed by atoms with van der Waals surface area (Å²) >= 11 is 0. The minimum Gasteiger partial charge on any atom is -0.274 e. The molecule has 1 rings (SSSR count). The van der Waals surface area contributed by atoms with Crippen LogP contribution in [-0.2, 0) is 14.4 Å². The van der Waals surface area contributed by atoms with E-state index in [1.807, 2.05) is 6.42 Å². The Kier molecular flexibility index (Phi) is 5.07. The number of imide groups is 3. The second-order valence-corrected chi connectivity index (χ2v) is 4.10. The molecule has 1 heterocycles. The molecule has 0 bridgehead atoms. The minimum absolute atomic E-state index is 0.142. The van der Waals surface area contributed by atoms with E-state index >= 15 is 0 Å². The van der Waals surface area contributed by atoms with Gasteiger partial charge in [-0.05, 0) is 12.8 Å². The Hall–Kier alpha value is -1.45. The van der Waals surface area contributed by atoms with E-state index in [1.54, 1.807) is 0 Å². The van der Waals surface area contributed by atoms with E-state index in [9.17, 15) is 14.4 Å². The molecule has 0 aromatic heterocycles. The number of carbonyl (C=O) groups excluding carboxylic acids is 3. The van der Waals surface area contributed by atoms with E-state index in [0.29, 0.717) is 0 Å². The lowest BCUT2D eigenvalue weighted by Crippen LogP contribution is -2.39. The Morgan fingerprint density at radius 2 is 2.00 bits per heavy atom. The van der Waals surface area contributed by atoms with Gasteiger partial charge in [-0.2, -0.15) is 0 Å². The van der Waals surface area contributed by atoms with Crippen LogP contribution in [0.4, 0.5) is 0 Å². The van der Waals surface area contributed by atoms with Crippen molar-refractivity contribution < 1.29 is 14.4 Å². The van der Waals surface area contributed by atoms with Crippen molar-refractivity contribution >= 4 is 17.7 Å². The molecule has 0 aliphatic carbocycles. The first kappa shape index (κ1) is 13.6. The summed E-state index contributed by atoms with van der Waals surface area (Å²) in [4.78, 5) is 35.6. The van der Waals surface area contributed by atoms with Crippen LogP contribution in [0.3, 0.4) is 0 Å². The molecule has 0 spiro atoms. The molecule has 1 unspecified atom stereocenters. The van der Waals surface area contributed by atoms with Crippen molar-refractivity contribution in [3.63, 3.8) is 0 Å². The van der Waals surface area contributed by atoms with Crippen LogP contribution >= 0.6 is 0 Å². The molecule has 1 aliphatic rings. The van der Waals surface area contributed by atoms with Crippen molar-refractivity contribution in [3.8, 4) is 0 Å². The molecule has 1 saturated heterocycles. The molecule has 1 atom stereocenters. The molecule has 4 heteroatoms. The first-order valence-corrected chi connectivity index (χ1v) is 5.97. The summed E-state index contributed by atoms with van der Waals surface area (Å²) in [7, 11) is 0. The lowest BCUT2D eigenvalue weighted by molar-refractivity contribution is -0.150. The van der Waals surface area contributed by atoms with E-state index < -0.39 is 23.6 Å². The first-order valence-electron chi connectivity index (χ1n) is 5.97. The predicted octanol–water partition coefficient (Wildman–Crippen LogP) is 1.86. The number of nitrogens with zero attached hydrogens (tertiary/aromatic N) is 1. The van der Waals surface area contributed by atoms with Gasteiger partial charge in [0.05, 0.1) is 5.92 Å². The quantitative estimate of drug-likeness (QED) is 0.402. The lowest BCUT2D eigenvalue weighted by Gasteiger charge is -2.17. The van der Waals surface area contributed by atoms with Gasteiger partial charge in [0.1, 0.15) is 0 Å². The molecule has 0 saturated carbocycles. The normalized spacial score (nSPS) is 17.4. The molecule has 0 aromatic rings. The molecule has 1 radical (unpaired) electrons. The van der Waals surface area contributed by atoms with Crippen molar-refractivity contribution in [2.24, 2.45) is 5.92 Å². The average Bonchev–Trinajstić information content (AvgIpc) is 2.64. The summed E-state index contributed by atoms with van der Waals surface area (Å²) in [5.41, 5.74) is 0. The van der Waals surface area contributed by atoms with Gasteiger partial charge in [-0.1, -0.05) is 25.8 Å². The molecule has 1 aliphatic heterocycles. The lowest BCUT2D eigenvalue weighted by atomic mass is 10.00. The first-order chi connectivity index (χ1) is 8.11. The molecule has 1 fully saturated rings. The van der Waals surface area contributed by atoms with Crippen LogP contribution in [0, 0.1) is 12.3 Å². The topological polar surface area (TPSA) is 54.5 Å². The highest BCUT2D eigenvalue weighted by Gasteiger charge is 2.36. The summed E-state index contributed by atoms with van der Waals surface area (Å²) in [6.45, 7) is 5.64. The van der Waals surface area contributed by atoms with E-state index in [0.717, 1.165) is 24.2 Å². The van der Waals surface area contributed by atoms with Gasteiger partial charge < -0.3 is 0 Å². The third-order valence-electron chi connectivity index (χ3n) is 2.79. The fourth-order valence-electron chi connectivity index (χ4n) is 1.77. The maximum Gasteiger partial charge on any atom is 0.243 e. The van der Waals surface area contributed by atoms with Crippen molar-refractivity contribution in [1.29, 1.82) is 0 Å². The highest BCUT2D eigenvalue weighted by molar-refractivity contribution is 6.16. The van der Waals surface area contributed by atoms with Crippen LogP contribution < -0.4 is 0 Å². The van der Waals surface area contributed by atoms with Crippen LogP contribution in [0.25, 0.3) is 0 Å². The molecule has 3 amide bonds. The van der Waals surface area contributed by atoms with Crippen LogP contribution in [0.2, 0.25) is 0 Å². The molecule has 93 valence electrons. The molecular weight excluding hydrogens is 218 g/mol. The average molecular weight is 236 g/mol. The maximum atomic E-state index is 12.0. The summed E-state index contributed by atoms with van der Waals surface area (Å²) in [6.07, 6.45) is 6.40. The number of amides is 3. The second-order valence-electron chi connectivity index (χ2n) is 4.10. The Morgan fingerprint density at radius 1 is 1.41 bits per heavy atom. The molecular formula is C13H18NO3. The predicted molar refractivity (Wildman–Crippen MR) is 63.6 cm³/mol. The fourth-order valence-corrected chi connectivity index (χ4v) is 1.77. The molecule has 0 N–H and O–H groups in total. The van der Waals surface area contributed by atoms with Gasteiger partial charge in [0.2, 0.25) is 17.7 Å². The van der Waals surface area contributed by atoms with Crippen LogP contribution in [0.15, 0.2) is 12.7 Å². The van der Waals surface area contributed by atoms with E-state index in [2.05, 4.69) is 13.5 Å².